The zero-order valence-corrected chi connectivity index (χ0v) is 13.9. The Kier molecular flexibility index (Phi) is 4.05. The molecule has 3 heterocycles. The Hall–Kier alpha value is -3.33. The summed E-state index contributed by atoms with van der Waals surface area (Å²) >= 11 is 6.01. The zero-order valence-electron chi connectivity index (χ0n) is 13.2. The summed E-state index contributed by atoms with van der Waals surface area (Å²) in [5, 5.41) is 11.2. The van der Waals surface area contributed by atoms with Crippen molar-refractivity contribution in [3.05, 3.63) is 71.2 Å². The van der Waals surface area contributed by atoms with E-state index in [0.29, 0.717) is 28.7 Å². The maximum absolute atomic E-state index is 13.1. The van der Waals surface area contributed by atoms with Crippen LogP contribution in [0.25, 0.3) is 5.78 Å². The van der Waals surface area contributed by atoms with Gasteiger partial charge in [-0.05, 0) is 23.8 Å². The van der Waals surface area contributed by atoms with E-state index in [-0.39, 0.29) is 5.82 Å². The standard InChI is InChI=1S/C16H11ClFN7O/c17-12-8-11(18)3-2-10(12)9-24-7-4-13(22-24)20-15(26)14-21-16-19-5-1-6-25(16)23-14/h1-8H,9H2,(H,20,22,26). The summed E-state index contributed by atoms with van der Waals surface area (Å²) < 4.78 is 16.1. The van der Waals surface area contributed by atoms with Gasteiger partial charge in [0.25, 0.3) is 11.7 Å². The molecule has 0 unspecified atom stereocenters. The molecule has 0 spiro atoms. The molecule has 0 radical (unpaired) electrons. The van der Waals surface area contributed by atoms with E-state index in [1.165, 1.54) is 16.6 Å². The lowest BCUT2D eigenvalue weighted by molar-refractivity contribution is 0.101. The average Bonchev–Trinajstić information content (AvgIpc) is 3.24. The predicted octanol–water partition coefficient (Wildman–Crippen LogP) is 2.41. The first-order valence-corrected chi connectivity index (χ1v) is 7.92. The molecule has 4 aromatic rings. The highest BCUT2D eigenvalue weighted by molar-refractivity contribution is 6.31. The molecule has 1 N–H and O–H groups in total. The van der Waals surface area contributed by atoms with Gasteiger partial charge in [0.15, 0.2) is 5.82 Å². The number of anilines is 1. The Morgan fingerprint density at radius 2 is 2.12 bits per heavy atom. The second-order valence-electron chi connectivity index (χ2n) is 5.39. The van der Waals surface area contributed by atoms with Gasteiger partial charge in [-0.15, -0.1) is 5.10 Å². The summed E-state index contributed by atoms with van der Waals surface area (Å²) in [4.78, 5) is 20.3. The van der Waals surface area contributed by atoms with Crippen molar-refractivity contribution in [2.75, 3.05) is 5.32 Å². The van der Waals surface area contributed by atoms with E-state index < -0.39 is 11.7 Å². The lowest BCUT2D eigenvalue weighted by Crippen LogP contribution is -2.14. The van der Waals surface area contributed by atoms with E-state index in [2.05, 4.69) is 25.5 Å². The first kappa shape index (κ1) is 16.2. The van der Waals surface area contributed by atoms with Crippen LogP contribution in [0.15, 0.2) is 48.9 Å². The molecule has 0 aliphatic carbocycles. The van der Waals surface area contributed by atoms with E-state index in [1.54, 1.807) is 41.5 Å². The molecule has 1 amide bonds. The van der Waals surface area contributed by atoms with Crippen molar-refractivity contribution in [1.29, 1.82) is 0 Å². The minimum Gasteiger partial charge on any atom is -0.302 e. The quantitative estimate of drug-likeness (QED) is 0.595. The van der Waals surface area contributed by atoms with Crippen LogP contribution in [0.3, 0.4) is 0 Å². The fraction of sp³-hybridized carbons (Fsp3) is 0.0625. The smallest absolute Gasteiger partial charge is 0.296 e. The van der Waals surface area contributed by atoms with Crippen LogP contribution in [-0.2, 0) is 6.54 Å². The molecule has 8 nitrogen and oxygen atoms in total. The third-order valence-electron chi connectivity index (χ3n) is 3.55. The molecule has 1 aromatic carbocycles. The van der Waals surface area contributed by atoms with Crippen LogP contribution in [0.5, 0.6) is 0 Å². The highest BCUT2D eigenvalue weighted by atomic mass is 35.5. The van der Waals surface area contributed by atoms with Gasteiger partial charge >= 0.3 is 0 Å². The van der Waals surface area contributed by atoms with Gasteiger partial charge < -0.3 is 5.32 Å². The monoisotopic (exact) mass is 371 g/mol. The molecule has 0 saturated heterocycles. The second-order valence-corrected chi connectivity index (χ2v) is 5.80. The van der Waals surface area contributed by atoms with Crippen molar-refractivity contribution in [2.45, 2.75) is 6.54 Å². The van der Waals surface area contributed by atoms with Crippen molar-refractivity contribution >= 4 is 29.1 Å². The Labute approximate surface area is 151 Å². The number of amides is 1. The van der Waals surface area contributed by atoms with Crippen LogP contribution < -0.4 is 5.32 Å². The van der Waals surface area contributed by atoms with Crippen LogP contribution >= 0.6 is 11.6 Å². The number of nitrogens with zero attached hydrogens (tertiary/aromatic N) is 6. The SMILES string of the molecule is O=C(Nc1ccn(Cc2ccc(F)cc2Cl)n1)c1nc2ncccn2n1. The number of benzene rings is 1. The maximum atomic E-state index is 13.1. The molecule has 130 valence electrons. The molecule has 10 heteroatoms. The van der Waals surface area contributed by atoms with E-state index in [9.17, 15) is 9.18 Å². The first-order valence-electron chi connectivity index (χ1n) is 7.54. The highest BCUT2D eigenvalue weighted by Crippen LogP contribution is 2.18. The normalized spacial score (nSPS) is 11.0. The summed E-state index contributed by atoms with van der Waals surface area (Å²) in [6.45, 7) is 0.339. The molecular weight excluding hydrogens is 361 g/mol. The topological polar surface area (TPSA) is 90.0 Å². The lowest BCUT2D eigenvalue weighted by Gasteiger charge is -2.04. The van der Waals surface area contributed by atoms with Crippen molar-refractivity contribution in [3.8, 4) is 0 Å². The van der Waals surface area contributed by atoms with Gasteiger partial charge in [-0.25, -0.2) is 13.9 Å². The Morgan fingerprint density at radius 3 is 2.92 bits per heavy atom. The highest BCUT2D eigenvalue weighted by Gasteiger charge is 2.15. The van der Waals surface area contributed by atoms with Gasteiger partial charge in [-0.2, -0.15) is 10.1 Å². The molecule has 4 rings (SSSR count). The van der Waals surface area contributed by atoms with Crippen LogP contribution in [0.4, 0.5) is 10.2 Å². The van der Waals surface area contributed by atoms with E-state index in [1.807, 2.05) is 0 Å². The Bertz CT molecular complexity index is 1070. The predicted molar refractivity (Wildman–Crippen MR) is 91.5 cm³/mol. The molecule has 0 aliphatic heterocycles. The maximum Gasteiger partial charge on any atom is 0.296 e. The first-order chi connectivity index (χ1) is 12.6. The van der Waals surface area contributed by atoms with Crippen LogP contribution in [-0.4, -0.2) is 35.3 Å². The molecule has 0 fully saturated rings. The third kappa shape index (κ3) is 3.24. The number of fused-ring (bicyclic) bond motifs is 1. The third-order valence-corrected chi connectivity index (χ3v) is 3.90. The van der Waals surface area contributed by atoms with Crippen molar-refractivity contribution in [3.63, 3.8) is 0 Å². The molecular formula is C16H11ClFN7O. The van der Waals surface area contributed by atoms with Crippen molar-refractivity contribution in [2.24, 2.45) is 0 Å². The van der Waals surface area contributed by atoms with Gasteiger partial charge in [-0.1, -0.05) is 17.7 Å². The number of rotatable bonds is 4. The molecule has 0 saturated carbocycles. The average molecular weight is 372 g/mol. The molecule has 0 atom stereocenters. The van der Waals surface area contributed by atoms with Crippen molar-refractivity contribution < 1.29 is 9.18 Å². The summed E-state index contributed by atoms with van der Waals surface area (Å²) in [6, 6.07) is 7.48. The second kappa shape index (κ2) is 6.52. The zero-order chi connectivity index (χ0) is 18.1. The lowest BCUT2D eigenvalue weighted by atomic mass is 10.2. The van der Waals surface area contributed by atoms with Crippen LogP contribution in [0, 0.1) is 5.82 Å². The summed E-state index contributed by atoms with van der Waals surface area (Å²) in [7, 11) is 0. The summed E-state index contributed by atoms with van der Waals surface area (Å²) in [6.07, 6.45) is 4.88. The number of halogens is 2. The molecule has 0 bridgehead atoms. The van der Waals surface area contributed by atoms with E-state index in [4.69, 9.17) is 11.6 Å². The number of hydrogen-bond donors (Lipinski definition) is 1. The van der Waals surface area contributed by atoms with Gasteiger partial charge in [0.2, 0.25) is 5.82 Å². The minimum atomic E-state index is -0.499. The number of aromatic nitrogens is 6. The minimum absolute atomic E-state index is 0.0140. The molecule has 3 aromatic heterocycles. The van der Waals surface area contributed by atoms with Gasteiger partial charge in [0.05, 0.1) is 6.54 Å². The van der Waals surface area contributed by atoms with Gasteiger partial charge in [0, 0.05) is 29.7 Å². The molecule has 0 aliphatic rings. The Morgan fingerprint density at radius 1 is 1.23 bits per heavy atom. The van der Waals surface area contributed by atoms with E-state index >= 15 is 0 Å². The van der Waals surface area contributed by atoms with Gasteiger partial charge in [0.1, 0.15) is 5.82 Å². The fourth-order valence-corrected chi connectivity index (χ4v) is 2.57. The number of hydrogen-bond acceptors (Lipinski definition) is 5. The van der Waals surface area contributed by atoms with E-state index in [0.717, 1.165) is 0 Å². The Balaban J connectivity index is 1.48. The van der Waals surface area contributed by atoms with Crippen LogP contribution in [0.1, 0.15) is 16.2 Å². The number of carbonyl (C=O) groups is 1. The summed E-state index contributed by atoms with van der Waals surface area (Å²) in [5.41, 5.74) is 0.710. The number of carbonyl (C=O) groups excluding carboxylic acids is 1. The molecule has 26 heavy (non-hydrogen) atoms. The fourth-order valence-electron chi connectivity index (χ4n) is 2.34. The van der Waals surface area contributed by atoms with Crippen LogP contribution in [0.2, 0.25) is 5.02 Å². The largest absolute Gasteiger partial charge is 0.302 e. The van der Waals surface area contributed by atoms with Gasteiger partial charge in [-0.3, -0.25) is 9.48 Å². The summed E-state index contributed by atoms with van der Waals surface area (Å²) in [5.74, 6) is -0.254. The van der Waals surface area contributed by atoms with Crippen molar-refractivity contribution in [1.82, 2.24) is 29.4 Å². The number of nitrogens with one attached hydrogen (secondary N) is 1.